The van der Waals surface area contributed by atoms with Crippen molar-refractivity contribution >= 4 is 28.4 Å². The van der Waals surface area contributed by atoms with E-state index in [9.17, 15) is 4.79 Å². The molecule has 202 valence electrons. The number of nitrogens with one attached hydrogen (secondary N) is 1. The lowest BCUT2D eigenvalue weighted by Gasteiger charge is -2.31. The number of methoxy groups -OCH3 is 1. The molecule has 1 N–H and O–H groups in total. The van der Waals surface area contributed by atoms with Crippen LogP contribution in [0.15, 0.2) is 47.0 Å². The van der Waals surface area contributed by atoms with Crippen molar-refractivity contribution in [1.29, 1.82) is 0 Å². The second-order valence-corrected chi connectivity index (χ2v) is 10.7. The fraction of sp³-hybridized carbons (Fsp3) is 0.379. The Balaban J connectivity index is 1.26. The number of ether oxygens (including phenoxy) is 1. The predicted molar refractivity (Wildman–Crippen MR) is 149 cm³/mol. The first-order valence-corrected chi connectivity index (χ1v) is 13.6. The van der Waals surface area contributed by atoms with Crippen LogP contribution in [0.3, 0.4) is 0 Å². The Hall–Kier alpha value is -3.53. The summed E-state index contributed by atoms with van der Waals surface area (Å²) in [4.78, 5) is 27.8. The van der Waals surface area contributed by atoms with Crippen LogP contribution < -0.4 is 10.1 Å². The molecule has 10 heteroatoms. The standard InChI is InChI=1S/C29H31ClN6O3/c1-35-12-9-19(10-13-35)31-29(37)27-20-5-3-4-6-23(20)32-24-11-14-36(16-22(24)27)17-26-33-28(34-39-26)21-15-18(30)7-8-25(21)38-2/h3-8,15,19H,9-14,16-17H2,1-2H3,(H,31,37). The van der Waals surface area contributed by atoms with Crippen LogP contribution in [0.2, 0.25) is 5.02 Å². The van der Waals surface area contributed by atoms with Gasteiger partial charge in [-0.1, -0.05) is 35.0 Å². The fourth-order valence-corrected chi connectivity index (χ4v) is 5.70. The Labute approximate surface area is 232 Å². The van der Waals surface area contributed by atoms with Crippen molar-refractivity contribution in [2.75, 3.05) is 33.8 Å². The summed E-state index contributed by atoms with van der Waals surface area (Å²) in [6.07, 6.45) is 2.64. The molecule has 39 heavy (non-hydrogen) atoms. The summed E-state index contributed by atoms with van der Waals surface area (Å²) in [7, 11) is 3.72. The zero-order chi connectivity index (χ0) is 26.9. The van der Waals surface area contributed by atoms with Crippen LogP contribution in [0.5, 0.6) is 5.75 Å². The third-order valence-electron chi connectivity index (χ3n) is 7.64. The third kappa shape index (κ3) is 5.34. The van der Waals surface area contributed by atoms with Gasteiger partial charge in [0.25, 0.3) is 5.91 Å². The van der Waals surface area contributed by atoms with Gasteiger partial charge in [0.15, 0.2) is 0 Å². The number of amides is 1. The normalized spacial score (nSPS) is 16.8. The molecule has 0 aliphatic carbocycles. The van der Waals surface area contributed by atoms with E-state index >= 15 is 0 Å². The van der Waals surface area contributed by atoms with Crippen LogP contribution >= 0.6 is 11.6 Å². The van der Waals surface area contributed by atoms with E-state index in [1.807, 2.05) is 24.3 Å². The highest BCUT2D eigenvalue weighted by Gasteiger charge is 2.28. The summed E-state index contributed by atoms with van der Waals surface area (Å²) in [6.45, 7) is 3.77. The minimum atomic E-state index is -0.0191. The molecule has 2 aliphatic rings. The first-order valence-electron chi connectivity index (χ1n) is 13.3. The highest BCUT2D eigenvalue weighted by Crippen LogP contribution is 2.32. The molecule has 4 aromatic rings. The zero-order valence-corrected chi connectivity index (χ0v) is 22.9. The molecule has 6 rings (SSSR count). The molecule has 0 unspecified atom stereocenters. The molecule has 0 spiro atoms. The van der Waals surface area contributed by atoms with Crippen LogP contribution in [0, 0.1) is 0 Å². The average Bonchev–Trinajstić information content (AvgIpc) is 3.41. The molecule has 0 atom stereocenters. The van der Waals surface area contributed by atoms with Crippen molar-refractivity contribution in [2.24, 2.45) is 0 Å². The van der Waals surface area contributed by atoms with Gasteiger partial charge in [-0.3, -0.25) is 14.7 Å². The number of piperidine rings is 1. The molecule has 9 nitrogen and oxygen atoms in total. The van der Waals surface area contributed by atoms with Gasteiger partial charge in [0.1, 0.15) is 5.75 Å². The molecule has 0 saturated carbocycles. The summed E-state index contributed by atoms with van der Waals surface area (Å²) in [5.41, 5.74) is 4.21. The van der Waals surface area contributed by atoms with Gasteiger partial charge in [0, 0.05) is 47.2 Å². The van der Waals surface area contributed by atoms with Gasteiger partial charge in [-0.05, 0) is 57.2 Å². The largest absolute Gasteiger partial charge is 0.496 e. The van der Waals surface area contributed by atoms with E-state index in [0.717, 1.165) is 66.6 Å². The van der Waals surface area contributed by atoms with E-state index in [1.165, 1.54) is 0 Å². The summed E-state index contributed by atoms with van der Waals surface area (Å²) in [5, 5.41) is 8.95. The van der Waals surface area contributed by atoms with Crippen LogP contribution in [0.4, 0.5) is 0 Å². The average molecular weight is 547 g/mol. The van der Waals surface area contributed by atoms with Crippen LogP contribution in [-0.4, -0.2) is 70.7 Å². The van der Waals surface area contributed by atoms with Crippen molar-refractivity contribution in [3.05, 3.63) is 70.2 Å². The molecule has 2 aliphatic heterocycles. The van der Waals surface area contributed by atoms with Gasteiger partial charge in [0.2, 0.25) is 11.7 Å². The number of para-hydroxylation sites is 1. The molecule has 1 saturated heterocycles. The maximum absolute atomic E-state index is 13.8. The Morgan fingerprint density at radius 3 is 2.79 bits per heavy atom. The molecular formula is C29H31ClN6O3. The number of halogens is 1. The number of benzene rings is 2. The highest BCUT2D eigenvalue weighted by atomic mass is 35.5. The summed E-state index contributed by atoms with van der Waals surface area (Å²) in [5.74, 6) is 1.51. The Morgan fingerprint density at radius 1 is 1.15 bits per heavy atom. The quantitative estimate of drug-likeness (QED) is 0.382. The van der Waals surface area contributed by atoms with E-state index in [2.05, 4.69) is 32.3 Å². The fourth-order valence-electron chi connectivity index (χ4n) is 5.53. The topological polar surface area (TPSA) is 96.6 Å². The number of nitrogens with zero attached hydrogens (tertiary/aromatic N) is 5. The van der Waals surface area contributed by atoms with E-state index in [0.29, 0.717) is 41.1 Å². The molecule has 2 aromatic carbocycles. The molecule has 0 bridgehead atoms. The summed E-state index contributed by atoms with van der Waals surface area (Å²) in [6, 6.07) is 13.4. The summed E-state index contributed by atoms with van der Waals surface area (Å²) < 4.78 is 11.1. The Kier molecular flexibility index (Phi) is 7.20. The number of fused-ring (bicyclic) bond motifs is 2. The summed E-state index contributed by atoms with van der Waals surface area (Å²) >= 11 is 6.19. The second kappa shape index (κ2) is 10.9. The van der Waals surface area contributed by atoms with E-state index < -0.39 is 0 Å². The third-order valence-corrected chi connectivity index (χ3v) is 7.87. The van der Waals surface area contributed by atoms with Crippen LogP contribution in [-0.2, 0) is 19.5 Å². The van der Waals surface area contributed by atoms with Crippen molar-refractivity contribution < 1.29 is 14.1 Å². The number of rotatable bonds is 6. The van der Waals surface area contributed by atoms with Gasteiger partial charge >= 0.3 is 0 Å². The lowest BCUT2D eigenvalue weighted by molar-refractivity contribution is 0.0915. The Bertz CT molecular complexity index is 1510. The monoisotopic (exact) mass is 546 g/mol. The molecule has 2 aromatic heterocycles. The van der Waals surface area contributed by atoms with Gasteiger partial charge in [0.05, 0.1) is 30.3 Å². The first kappa shape index (κ1) is 25.7. The van der Waals surface area contributed by atoms with E-state index in [1.54, 1.807) is 25.3 Å². The SMILES string of the molecule is COc1ccc(Cl)cc1-c1noc(CN2CCc3nc4ccccc4c(C(=O)NC4CCN(C)CC4)c3C2)n1. The second-order valence-electron chi connectivity index (χ2n) is 10.3. The predicted octanol–water partition coefficient (Wildman–Crippen LogP) is 4.33. The number of carbonyl (C=O) groups excluding carboxylic acids is 1. The molecule has 1 fully saturated rings. The molecular weight excluding hydrogens is 516 g/mol. The van der Waals surface area contributed by atoms with E-state index in [4.69, 9.17) is 25.8 Å². The van der Waals surface area contributed by atoms with Crippen LogP contribution in [0.25, 0.3) is 22.3 Å². The highest BCUT2D eigenvalue weighted by molar-refractivity contribution is 6.30. The van der Waals surface area contributed by atoms with Gasteiger partial charge in [-0.2, -0.15) is 4.98 Å². The van der Waals surface area contributed by atoms with Crippen molar-refractivity contribution in [3.63, 3.8) is 0 Å². The van der Waals surface area contributed by atoms with Gasteiger partial charge < -0.3 is 19.5 Å². The number of hydrogen-bond donors (Lipinski definition) is 1. The van der Waals surface area contributed by atoms with E-state index in [-0.39, 0.29) is 11.9 Å². The van der Waals surface area contributed by atoms with Gasteiger partial charge in [-0.15, -0.1) is 0 Å². The van der Waals surface area contributed by atoms with Crippen molar-refractivity contribution in [3.8, 4) is 17.1 Å². The molecule has 4 heterocycles. The minimum Gasteiger partial charge on any atom is -0.496 e. The number of carbonyl (C=O) groups is 1. The smallest absolute Gasteiger partial charge is 0.252 e. The molecule has 1 amide bonds. The lowest BCUT2D eigenvalue weighted by Crippen LogP contribution is -2.44. The lowest BCUT2D eigenvalue weighted by atomic mass is 9.94. The van der Waals surface area contributed by atoms with Gasteiger partial charge in [-0.25, -0.2) is 0 Å². The maximum Gasteiger partial charge on any atom is 0.252 e. The maximum atomic E-state index is 13.8. The Morgan fingerprint density at radius 2 is 1.97 bits per heavy atom. The molecule has 0 radical (unpaired) electrons. The zero-order valence-electron chi connectivity index (χ0n) is 22.1. The minimum absolute atomic E-state index is 0.0191. The first-order chi connectivity index (χ1) is 19.0. The number of pyridine rings is 1. The van der Waals surface area contributed by atoms with Crippen molar-refractivity contribution in [1.82, 2.24) is 30.2 Å². The number of aromatic nitrogens is 3. The number of likely N-dealkylation sites (tertiary alicyclic amines) is 1. The van der Waals surface area contributed by atoms with Crippen LogP contribution in [0.1, 0.15) is 40.3 Å². The van der Waals surface area contributed by atoms with Crippen molar-refractivity contribution in [2.45, 2.75) is 38.4 Å². The number of hydrogen-bond acceptors (Lipinski definition) is 8.